The maximum Gasteiger partial charge on any atom is 0.176 e. The van der Waals surface area contributed by atoms with Crippen LogP contribution in [-0.4, -0.2) is 18.3 Å². The standard InChI is InChI=1S/C20H25ClO2/c1-23-18-9-7-14(8-10-18)11-17-12-16(13-19(21)20(17)22)15-5-3-2-4-6-15/h7-11,15-16,19H,2-6,12-13H2,1H3. The highest BCUT2D eigenvalue weighted by Gasteiger charge is 2.35. The van der Waals surface area contributed by atoms with Crippen LogP contribution in [0.1, 0.15) is 50.5 Å². The number of allylic oxidation sites excluding steroid dienone is 1. The minimum absolute atomic E-state index is 0.120. The molecule has 2 unspecified atom stereocenters. The number of benzene rings is 1. The third kappa shape index (κ3) is 3.98. The number of rotatable bonds is 3. The maximum absolute atomic E-state index is 12.5. The fourth-order valence-corrected chi connectivity index (χ4v) is 4.41. The zero-order chi connectivity index (χ0) is 16.2. The molecular weight excluding hydrogens is 308 g/mol. The van der Waals surface area contributed by atoms with Crippen molar-refractivity contribution in [3.05, 3.63) is 35.4 Å². The molecule has 2 atom stereocenters. The summed E-state index contributed by atoms with van der Waals surface area (Å²) in [7, 11) is 1.66. The van der Waals surface area contributed by atoms with Crippen molar-refractivity contribution in [3.63, 3.8) is 0 Å². The van der Waals surface area contributed by atoms with Crippen molar-refractivity contribution in [1.82, 2.24) is 0 Å². The molecule has 0 heterocycles. The second-order valence-corrected chi connectivity index (χ2v) is 7.40. The zero-order valence-corrected chi connectivity index (χ0v) is 14.5. The number of hydrogen-bond acceptors (Lipinski definition) is 2. The van der Waals surface area contributed by atoms with Crippen molar-refractivity contribution in [3.8, 4) is 5.75 Å². The van der Waals surface area contributed by atoms with Crippen molar-refractivity contribution in [2.45, 2.75) is 50.3 Å². The number of hydrogen-bond donors (Lipinski definition) is 0. The monoisotopic (exact) mass is 332 g/mol. The van der Waals surface area contributed by atoms with Crippen LogP contribution in [0.5, 0.6) is 5.75 Å². The van der Waals surface area contributed by atoms with Crippen LogP contribution in [0.15, 0.2) is 29.8 Å². The normalized spacial score (nSPS) is 28.1. The minimum atomic E-state index is -0.347. The maximum atomic E-state index is 12.5. The Balaban J connectivity index is 1.77. The Hall–Kier alpha value is -1.28. The van der Waals surface area contributed by atoms with E-state index in [2.05, 4.69) is 0 Å². The lowest BCUT2D eigenvalue weighted by atomic mass is 9.71. The van der Waals surface area contributed by atoms with Crippen LogP contribution in [0.4, 0.5) is 0 Å². The number of carbonyl (C=O) groups excluding carboxylic acids is 1. The summed E-state index contributed by atoms with van der Waals surface area (Å²) in [6.45, 7) is 0. The van der Waals surface area contributed by atoms with Gasteiger partial charge in [0.05, 0.1) is 12.5 Å². The Labute approximate surface area is 143 Å². The quantitative estimate of drug-likeness (QED) is 0.558. The topological polar surface area (TPSA) is 26.3 Å². The Morgan fingerprint density at radius 3 is 2.43 bits per heavy atom. The summed E-state index contributed by atoms with van der Waals surface area (Å²) in [4.78, 5) is 12.5. The molecule has 2 aliphatic rings. The van der Waals surface area contributed by atoms with Crippen molar-refractivity contribution in [1.29, 1.82) is 0 Å². The molecule has 2 aliphatic carbocycles. The summed E-state index contributed by atoms with van der Waals surface area (Å²) in [6, 6.07) is 7.84. The van der Waals surface area contributed by atoms with Gasteiger partial charge in [-0.3, -0.25) is 4.79 Å². The van der Waals surface area contributed by atoms with E-state index in [9.17, 15) is 4.79 Å². The number of alkyl halides is 1. The van der Waals surface area contributed by atoms with Crippen molar-refractivity contribution >= 4 is 23.5 Å². The third-order valence-corrected chi connectivity index (χ3v) is 5.74. The molecule has 23 heavy (non-hydrogen) atoms. The Morgan fingerprint density at radius 1 is 1.09 bits per heavy atom. The Kier molecular flexibility index (Phi) is 5.42. The smallest absolute Gasteiger partial charge is 0.176 e. The molecule has 2 saturated carbocycles. The third-order valence-electron chi connectivity index (χ3n) is 5.37. The molecular formula is C20H25ClO2. The molecule has 1 aromatic rings. The highest BCUT2D eigenvalue weighted by Crippen LogP contribution is 2.40. The lowest BCUT2D eigenvalue weighted by molar-refractivity contribution is -0.116. The van der Waals surface area contributed by atoms with E-state index in [4.69, 9.17) is 16.3 Å². The van der Waals surface area contributed by atoms with Crippen LogP contribution in [-0.2, 0) is 4.79 Å². The van der Waals surface area contributed by atoms with E-state index in [0.717, 1.165) is 35.6 Å². The fraction of sp³-hybridized carbons (Fsp3) is 0.550. The molecule has 0 aliphatic heterocycles. The number of methoxy groups -OCH3 is 1. The van der Waals surface area contributed by atoms with Crippen LogP contribution < -0.4 is 4.74 Å². The van der Waals surface area contributed by atoms with E-state index in [1.165, 1.54) is 32.1 Å². The number of ketones is 1. The van der Waals surface area contributed by atoms with Gasteiger partial charge in [0, 0.05) is 0 Å². The van der Waals surface area contributed by atoms with Crippen LogP contribution in [0.25, 0.3) is 6.08 Å². The van der Waals surface area contributed by atoms with Crippen LogP contribution in [0.2, 0.25) is 0 Å². The first-order valence-corrected chi connectivity index (χ1v) is 9.14. The van der Waals surface area contributed by atoms with Crippen molar-refractivity contribution in [2.24, 2.45) is 11.8 Å². The van der Waals surface area contributed by atoms with Crippen LogP contribution >= 0.6 is 11.6 Å². The molecule has 0 spiro atoms. The molecule has 1 aromatic carbocycles. The number of halogens is 1. The highest BCUT2D eigenvalue weighted by molar-refractivity contribution is 6.34. The van der Waals surface area contributed by atoms with Crippen molar-refractivity contribution < 1.29 is 9.53 Å². The molecule has 3 rings (SSSR count). The largest absolute Gasteiger partial charge is 0.497 e. The summed E-state index contributed by atoms with van der Waals surface area (Å²) in [6.07, 6.45) is 10.4. The molecule has 0 N–H and O–H groups in total. The van der Waals surface area contributed by atoms with E-state index in [1.807, 2.05) is 30.3 Å². The van der Waals surface area contributed by atoms with E-state index in [-0.39, 0.29) is 11.2 Å². The summed E-state index contributed by atoms with van der Waals surface area (Å²) in [5, 5.41) is -0.347. The van der Waals surface area contributed by atoms with Gasteiger partial charge in [-0.15, -0.1) is 11.6 Å². The molecule has 0 bridgehead atoms. The SMILES string of the molecule is COc1ccc(C=C2CC(C3CCCCC3)CC(Cl)C2=O)cc1. The van der Waals surface area contributed by atoms with Gasteiger partial charge in [0.1, 0.15) is 5.75 Å². The Morgan fingerprint density at radius 2 is 1.78 bits per heavy atom. The number of ether oxygens (including phenoxy) is 1. The van der Waals surface area contributed by atoms with Gasteiger partial charge in [0.25, 0.3) is 0 Å². The first-order chi connectivity index (χ1) is 11.2. The van der Waals surface area contributed by atoms with Crippen molar-refractivity contribution in [2.75, 3.05) is 7.11 Å². The molecule has 124 valence electrons. The van der Waals surface area contributed by atoms with Crippen LogP contribution in [0, 0.1) is 11.8 Å². The first kappa shape index (κ1) is 16.6. The van der Waals surface area contributed by atoms with Gasteiger partial charge >= 0.3 is 0 Å². The molecule has 2 nitrogen and oxygen atoms in total. The first-order valence-electron chi connectivity index (χ1n) is 8.70. The average molecular weight is 333 g/mol. The van der Waals surface area contributed by atoms with E-state index in [0.29, 0.717) is 5.92 Å². The van der Waals surface area contributed by atoms with Gasteiger partial charge in [-0.25, -0.2) is 0 Å². The van der Waals surface area contributed by atoms with Gasteiger partial charge in [-0.2, -0.15) is 0 Å². The second-order valence-electron chi connectivity index (χ2n) is 6.87. The molecule has 3 heteroatoms. The zero-order valence-electron chi connectivity index (χ0n) is 13.8. The molecule has 0 aromatic heterocycles. The molecule has 0 saturated heterocycles. The predicted molar refractivity (Wildman–Crippen MR) is 94.9 cm³/mol. The minimum Gasteiger partial charge on any atom is -0.497 e. The molecule has 0 amide bonds. The fourth-order valence-electron chi connectivity index (χ4n) is 4.04. The second kappa shape index (κ2) is 7.53. The Bertz CT molecular complexity index is 570. The average Bonchev–Trinajstić information content (AvgIpc) is 2.60. The summed E-state index contributed by atoms with van der Waals surface area (Å²) < 4.78 is 5.18. The van der Waals surface area contributed by atoms with E-state index in [1.54, 1.807) is 7.11 Å². The summed E-state index contributed by atoms with van der Waals surface area (Å²) >= 11 is 6.38. The van der Waals surface area contributed by atoms with E-state index >= 15 is 0 Å². The van der Waals surface area contributed by atoms with Gasteiger partial charge in [0.15, 0.2) is 5.78 Å². The lowest BCUT2D eigenvalue weighted by Crippen LogP contribution is -2.32. The molecule has 2 fully saturated rings. The molecule has 0 radical (unpaired) electrons. The predicted octanol–water partition coefficient (Wildman–Crippen LogP) is 5.25. The highest BCUT2D eigenvalue weighted by atomic mass is 35.5. The van der Waals surface area contributed by atoms with Gasteiger partial charge < -0.3 is 4.74 Å². The van der Waals surface area contributed by atoms with E-state index < -0.39 is 0 Å². The number of carbonyl (C=O) groups is 1. The van der Waals surface area contributed by atoms with Gasteiger partial charge in [0.2, 0.25) is 0 Å². The summed E-state index contributed by atoms with van der Waals surface area (Å²) in [5.74, 6) is 2.27. The summed E-state index contributed by atoms with van der Waals surface area (Å²) in [5.41, 5.74) is 1.94. The van der Waals surface area contributed by atoms with Crippen LogP contribution in [0.3, 0.4) is 0 Å². The van der Waals surface area contributed by atoms with Gasteiger partial charge in [-0.1, -0.05) is 44.2 Å². The van der Waals surface area contributed by atoms with Gasteiger partial charge in [-0.05, 0) is 54.0 Å². The lowest BCUT2D eigenvalue weighted by Gasteiger charge is -2.35. The number of Topliss-reactive ketones (excluding diaryl/α,β-unsaturated/α-hetero) is 1.